The highest BCUT2D eigenvalue weighted by Crippen LogP contribution is 2.16. The van der Waals surface area contributed by atoms with E-state index >= 15 is 0 Å². The monoisotopic (exact) mass is 352 g/mol. The minimum atomic E-state index is -0.552. The van der Waals surface area contributed by atoms with Crippen molar-refractivity contribution in [2.45, 2.75) is 20.4 Å². The van der Waals surface area contributed by atoms with Crippen molar-refractivity contribution in [3.63, 3.8) is 0 Å². The number of anilines is 1. The first kappa shape index (κ1) is 17.3. The van der Waals surface area contributed by atoms with Crippen LogP contribution in [0.1, 0.15) is 11.1 Å². The van der Waals surface area contributed by atoms with Gasteiger partial charge in [0.15, 0.2) is 0 Å². The van der Waals surface area contributed by atoms with Crippen molar-refractivity contribution in [2.75, 3.05) is 5.32 Å². The minimum absolute atomic E-state index is 0.144. The van der Waals surface area contributed by atoms with E-state index < -0.39 is 10.5 Å². The maximum Gasteiger partial charge on any atom is 0.271 e. The number of hydrogen-bond donors (Lipinski definition) is 1. The first-order chi connectivity index (χ1) is 12.3. The number of nitro groups is 1. The Hall–Kier alpha value is -3.55. The van der Waals surface area contributed by atoms with E-state index in [2.05, 4.69) is 10.3 Å². The number of nitrogens with one attached hydrogen (secondary N) is 1. The Balaban J connectivity index is 1.85. The third-order valence-electron chi connectivity index (χ3n) is 3.84. The summed E-state index contributed by atoms with van der Waals surface area (Å²) in [7, 11) is 0. The summed E-state index contributed by atoms with van der Waals surface area (Å²) in [5.74, 6) is -0.361. The van der Waals surface area contributed by atoms with Gasteiger partial charge in [-0.1, -0.05) is 6.07 Å². The van der Waals surface area contributed by atoms with Crippen LogP contribution in [0.15, 0.2) is 47.5 Å². The molecule has 0 saturated heterocycles. The summed E-state index contributed by atoms with van der Waals surface area (Å²) in [5, 5.41) is 13.8. The number of hydrogen-bond acceptors (Lipinski definition) is 5. The van der Waals surface area contributed by atoms with Crippen LogP contribution in [0.4, 0.5) is 11.4 Å². The molecule has 0 bridgehead atoms. The van der Waals surface area contributed by atoms with E-state index in [1.54, 1.807) is 0 Å². The molecule has 132 valence electrons. The van der Waals surface area contributed by atoms with Gasteiger partial charge in [0.05, 0.1) is 22.2 Å². The van der Waals surface area contributed by atoms with E-state index in [9.17, 15) is 19.7 Å². The van der Waals surface area contributed by atoms with Gasteiger partial charge in [0.1, 0.15) is 6.54 Å². The molecule has 0 saturated carbocycles. The third kappa shape index (κ3) is 3.59. The lowest BCUT2D eigenvalue weighted by molar-refractivity contribution is -0.384. The molecule has 3 aromatic rings. The number of non-ortho nitro benzene ring substituents is 1. The van der Waals surface area contributed by atoms with Gasteiger partial charge in [-0.3, -0.25) is 24.3 Å². The van der Waals surface area contributed by atoms with Gasteiger partial charge < -0.3 is 5.32 Å². The maximum atomic E-state index is 12.5. The fourth-order valence-electron chi connectivity index (χ4n) is 2.78. The second-order valence-corrected chi connectivity index (χ2v) is 6.06. The van der Waals surface area contributed by atoms with Gasteiger partial charge in [0.2, 0.25) is 5.91 Å². The molecule has 1 heterocycles. The normalized spacial score (nSPS) is 10.7. The zero-order valence-corrected chi connectivity index (χ0v) is 14.2. The Morgan fingerprint density at radius 3 is 2.54 bits per heavy atom. The molecule has 0 radical (unpaired) electrons. The summed E-state index contributed by atoms with van der Waals surface area (Å²) in [6, 6.07) is 9.49. The average Bonchev–Trinajstić information content (AvgIpc) is 2.56. The van der Waals surface area contributed by atoms with Crippen molar-refractivity contribution in [2.24, 2.45) is 0 Å². The fourth-order valence-corrected chi connectivity index (χ4v) is 2.78. The first-order valence-corrected chi connectivity index (χ1v) is 7.85. The Morgan fingerprint density at radius 1 is 1.19 bits per heavy atom. The minimum Gasteiger partial charge on any atom is -0.325 e. The Morgan fingerprint density at radius 2 is 1.88 bits per heavy atom. The van der Waals surface area contributed by atoms with E-state index in [1.165, 1.54) is 29.1 Å². The summed E-state index contributed by atoms with van der Waals surface area (Å²) in [4.78, 5) is 39.0. The van der Waals surface area contributed by atoms with Crippen molar-refractivity contribution in [3.05, 3.63) is 74.3 Å². The smallest absolute Gasteiger partial charge is 0.271 e. The Bertz CT molecular complexity index is 1070. The summed E-state index contributed by atoms with van der Waals surface area (Å²) in [5.41, 5.74) is 2.34. The van der Waals surface area contributed by atoms with Crippen LogP contribution in [0.25, 0.3) is 10.9 Å². The maximum absolute atomic E-state index is 12.5. The number of nitro benzene ring substituents is 1. The molecule has 8 nitrogen and oxygen atoms in total. The van der Waals surface area contributed by atoms with Gasteiger partial charge in [-0.05, 0) is 43.2 Å². The van der Waals surface area contributed by atoms with E-state index in [0.717, 1.165) is 11.1 Å². The fraction of sp³-hybridized carbons (Fsp3) is 0.167. The molecule has 0 fully saturated rings. The molecule has 0 unspecified atom stereocenters. The summed E-state index contributed by atoms with van der Waals surface area (Å²) in [6.07, 6.45) is 1.22. The molecule has 0 aliphatic carbocycles. The van der Waals surface area contributed by atoms with Crippen LogP contribution in [0.2, 0.25) is 0 Å². The number of rotatable bonds is 4. The Labute approximate surface area is 148 Å². The highest BCUT2D eigenvalue weighted by molar-refractivity contribution is 5.91. The van der Waals surface area contributed by atoms with Crippen LogP contribution in [0.3, 0.4) is 0 Å². The average molecular weight is 352 g/mol. The van der Waals surface area contributed by atoms with Crippen molar-refractivity contribution in [1.82, 2.24) is 9.55 Å². The second-order valence-electron chi connectivity index (χ2n) is 6.06. The van der Waals surface area contributed by atoms with Gasteiger partial charge in [-0.25, -0.2) is 4.98 Å². The quantitative estimate of drug-likeness (QED) is 0.573. The van der Waals surface area contributed by atoms with E-state index in [4.69, 9.17) is 0 Å². The molecular weight excluding hydrogens is 336 g/mol. The number of benzene rings is 2. The highest BCUT2D eigenvalue weighted by atomic mass is 16.6. The number of aryl methyl sites for hydroxylation is 2. The first-order valence-electron chi connectivity index (χ1n) is 7.85. The van der Waals surface area contributed by atoms with Crippen LogP contribution in [-0.2, 0) is 11.3 Å². The standard InChI is InChI=1S/C18H16N4O4/c1-11-5-12(2)7-13(6-11)20-17(23)9-21-10-19-16-8-14(22(25)26)3-4-15(16)18(21)24/h3-8,10H,9H2,1-2H3,(H,20,23). The number of aromatic nitrogens is 2. The molecule has 3 rings (SSSR count). The molecule has 0 aliphatic heterocycles. The highest BCUT2D eigenvalue weighted by Gasteiger charge is 2.12. The van der Waals surface area contributed by atoms with Crippen molar-refractivity contribution >= 4 is 28.2 Å². The van der Waals surface area contributed by atoms with Gasteiger partial charge >= 0.3 is 0 Å². The predicted octanol–water partition coefficient (Wildman–Crippen LogP) is 2.56. The van der Waals surface area contributed by atoms with Crippen molar-refractivity contribution < 1.29 is 9.72 Å². The zero-order chi connectivity index (χ0) is 18.8. The van der Waals surface area contributed by atoms with Crippen LogP contribution >= 0.6 is 0 Å². The van der Waals surface area contributed by atoms with Gasteiger partial charge in [-0.2, -0.15) is 0 Å². The zero-order valence-electron chi connectivity index (χ0n) is 14.2. The third-order valence-corrected chi connectivity index (χ3v) is 3.84. The molecule has 26 heavy (non-hydrogen) atoms. The lowest BCUT2D eigenvalue weighted by atomic mass is 10.1. The van der Waals surface area contributed by atoms with E-state index in [0.29, 0.717) is 5.69 Å². The summed E-state index contributed by atoms with van der Waals surface area (Å²) in [6.45, 7) is 3.66. The number of nitrogens with zero attached hydrogens (tertiary/aromatic N) is 3. The van der Waals surface area contributed by atoms with Gasteiger partial charge in [0, 0.05) is 17.8 Å². The number of carbonyl (C=O) groups is 1. The summed E-state index contributed by atoms with van der Waals surface area (Å²) >= 11 is 0. The lowest BCUT2D eigenvalue weighted by Gasteiger charge is -2.09. The molecule has 0 atom stereocenters. The van der Waals surface area contributed by atoms with Crippen molar-refractivity contribution in [3.8, 4) is 0 Å². The largest absolute Gasteiger partial charge is 0.325 e. The van der Waals surface area contributed by atoms with Gasteiger partial charge in [-0.15, -0.1) is 0 Å². The molecule has 0 spiro atoms. The number of carbonyl (C=O) groups excluding carboxylic acids is 1. The molecule has 2 aromatic carbocycles. The van der Waals surface area contributed by atoms with Gasteiger partial charge in [0.25, 0.3) is 11.2 Å². The molecule has 0 aliphatic rings. The topological polar surface area (TPSA) is 107 Å². The van der Waals surface area contributed by atoms with E-state index in [-0.39, 0.29) is 29.0 Å². The predicted molar refractivity (Wildman–Crippen MR) is 97.2 cm³/mol. The van der Waals surface area contributed by atoms with Crippen LogP contribution in [-0.4, -0.2) is 20.4 Å². The van der Waals surface area contributed by atoms with E-state index in [1.807, 2.05) is 32.0 Å². The molecule has 1 amide bonds. The van der Waals surface area contributed by atoms with Crippen molar-refractivity contribution in [1.29, 1.82) is 0 Å². The molecular formula is C18H16N4O4. The van der Waals surface area contributed by atoms with Crippen LogP contribution in [0.5, 0.6) is 0 Å². The number of fused-ring (bicyclic) bond motifs is 1. The van der Waals surface area contributed by atoms with Crippen LogP contribution < -0.4 is 10.9 Å². The molecule has 1 N–H and O–H groups in total. The molecule has 1 aromatic heterocycles. The van der Waals surface area contributed by atoms with Crippen LogP contribution in [0, 0.1) is 24.0 Å². The lowest BCUT2D eigenvalue weighted by Crippen LogP contribution is -2.28. The SMILES string of the molecule is Cc1cc(C)cc(NC(=O)Cn2cnc3cc([N+](=O)[O-])ccc3c2=O)c1. The summed E-state index contributed by atoms with van der Waals surface area (Å²) < 4.78 is 1.17. The second kappa shape index (κ2) is 6.75. The number of amides is 1. The molecule has 8 heteroatoms. The Kier molecular flexibility index (Phi) is 4.49.